The second-order valence-corrected chi connectivity index (χ2v) is 32.5. The minimum Gasteiger partial charge on any atom is -1.00 e. The standard InChI is InChI=1S/C52H47.C5H5.2CH3.2ClH.Zr/c1-51(2,3)45-29-27-39-37-23-15-13-21-35(37)31-43(39)48(45)42-26-25-41(47(33-17-9-7-10-18-33)34-19-11-8-12-20-34)49(42)50-44-32-36-22-14-16-24-38(36)40(44)28-30-46(50)52(4,5)6;1-2-4-5-3-1;;;;;/h7-30,47H,31-32H2,1-6H3;1-5H;2*1H3;2*1H;/p-2. The van der Waals surface area contributed by atoms with E-state index in [1.54, 1.807) is 16.7 Å². The van der Waals surface area contributed by atoms with E-state index in [9.17, 15) is 0 Å². The van der Waals surface area contributed by atoms with Gasteiger partial charge in [0.05, 0.1) is 0 Å². The average Bonchev–Trinajstić information content (AvgIpc) is 4.05. The molecule has 0 amide bonds. The van der Waals surface area contributed by atoms with Crippen LogP contribution in [0.4, 0.5) is 0 Å². The van der Waals surface area contributed by atoms with Crippen molar-refractivity contribution in [2.45, 2.75) is 87.1 Å². The SMILES string of the molecule is CC(C)(C)c1ccc2c(c1C1=C(C(c3ccccc3)c3ccccc3)C=C[C]1(c1c(C(C)(C)C)ccc3c1Cc1ccccc1-3)[Zr]([CH3])([CH3])[CH]1C=CC=C1)Cc1ccccc1-2.[Cl-].[Cl-]. The average molecular weight is 929 g/mol. The Hall–Kier alpha value is -4.26. The smallest absolute Gasteiger partial charge is 1.00 e. The molecular formula is C59H58Cl2Zr-2. The third kappa shape index (κ3) is 6.89. The molecule has 0 spiro atoms. The van der Waals surface area contributed by atoms with E-state index < -0.39 is 20.3 Å². The first-order chi connectivity index (χ1) is 28.8. The van der Waals surface area contributed by atoms with Crippen LogP contribution in [0.1, 0.15) is 103 Å². The Morgan fingerprint density at radius 1 is 0.532 bits per heavy atom. The van der Waals surface area contributed by atoms with Gasteiger partial charge in [-0.05, 0) is 0 Å². The van der Waals surface area contributed by atoms with Crippen molar-refractivity contribution in [3.05, 3.63) is 231 Å². The van der Waals surface area contributed by atoms with Crippen molar-refractivity contribution in [1.82, 2.24) is 0 Å². The minimum absolute atomic E-state index is 0. The molecule has 6 aromatic rings. The topological polar surface area (TPSA) is 0 Å². The molecule has 1 atom stereocenters. The molecule has 4 aliphatic carbocycles. The molecule has 0 aromatic heterocycles. The third-order valence-electron chi connectivity index (χ3n) is 14.6. The molecule has 0 heterocycles. The molecule has 4 aliphatic rings. The van der Waals surface area contributed by atoms with Gasteiger partial charge < -0.3 is 24.8 Å². The van der Waals surface area contributed by atoms with Gasteiger partial charge in [-0.2, -0.15) is 0 Å². The first-order valence-corrected chi connectivity index (χ1v) is 29.8. The summed E-state index contributed by atoms with van der Waals surface area (Å²) in [7, 11) is 0. The van der Waals surface area contributed by atoms with Gasteiger partial charge in [0.2, 0.25) is 0 Å². The van der Waals surface area contributed by atoms with Crippen molar-refractivity contribution in [3.8, 4) is 22.3 Å². The summed E-state index contributed by atoms with van der Waals surface area (Å²) in [6, 6.07) is 51.3. The zero-order chi connectivity index (χ0) is 41.6. The maximum atomic E-state index is 2.81. The summed E-state index contributed by atoms with van der Waals surface area (Å²) >= 11 is -3.68. The predicted octanol–water partition coefficient (Wildman–Crippen LogP) is 9.65. The maximum absolute atomic E-state index is 3.68. The van der Waals surface area contributed by atoms with E-state index in [1.165, 1.54) is 72.3 Å². The van der Waals surface area contributed by atoms with Crippen molar-refractivity contribution in [1.29, 1.82) is 0 Å². The van der Waals surface area contributed by atoms with Gasteiger partial charge in [0, 0.05) is 0 Å². The molecule has 0 saturated carbocycles. The van der Waals surface area contributed by atoms with Gasteiger partial charge in [0.15, 0.2) is 0 Å². The van der Waals surface area contributed by atoms with Crippen LogP contribution in [0.15, 0.2) is 175 Å². The van der Waals surface area contributed by atoms with Crippen molar-refractivity contribution >= 4 is 5.57 Å². The van der Waals surface area contributed by atoms with E-state index in [1.807, 2.05) is 0 Å². The molecule has 0 N–H and O–H groups in total. The van der Waals surface area contributed by atoms with Crippen molar-refractivity contribution < 1.29 is 45.1 Å². The molecule has 0 fully saturated rings. The monoisotopic (exact) mass is 926 g/mol. The van der Waals surface area contributed by atoms with Gasteiger partial charge >= 0.3 is 366 Å². The van der Waals surface area contributed by atoms with E-state index in [4.69, 9.17) is 0 Å². The molecule has 10 rings (SSSR count). The number of halogens is 2. The van der Waals surface area contributed by atoms with Crippen LogP contribution in [-0.2, 0) is 47.1 Å². The molecule has 62 heavy (non-hydrogen) atoms. The summed E-state index contributed by atoms with van der Waals surface area (Å²) in [5.41, 5.74) is 23.2. The van der Waals surface area contributed by atoms with Crippen molar-refractivity contribution in [3.63, 3.8) is 0 Å². The van der Waals surface area contributed by atoms with Crippen LogP contribution in [0.25, 0.3) is 27.8 Å². The number of fused-ring (bicyclic) bond motifs is 6. The number of hydrogen-bond acceptors (Lipinski definition) is 0. The Labute approximate surface area is 388 Å². The quantitative estimate of drug-likeness (QED) is 0.150. The molecule has 0 saturated heterocycles. The molecule has 0 nitrogen and oxygen atoms in total. The second kappa shape index (κ2) is 16.4. The van der Waals surface area contributed by atoms with Crippen LogP contribution in [0, 0.1) is 0 Å². The van der Waals surface area contributed by atoms with Gasteiger partial charge in [-0.3, -0.25) is 0 Å². The van der Waals surface area contributed by atoms with Crippen LogP contribution < -0.4 is 24.8 Å². The summed E-state index contributed by atoms with van der Waals surface area (Å²) in [5, 5.41) is 0. The summed E-state index contributed by atoms with van der Waals surface area (Å²) in [6.45, 7) is 14.7. The molecule has 6 aromatic carbocycles. The zero-order valence-electron chi connectivity index (χ0n) is 37.5. The Kier molecular flexibility index (Phi) is 11.7. The molecule has 0 radical (unpaired) electrons. The van der Waals surface area contributed by atoms with Gasteiger partial charge in [-0.1, -0.05) is 0 Å². The minimum atomic E-state index is -3.68. The van der Waals surface area contributed by atoms with Crippen molar-refractivity contribution in [2.24, 2.45) is 0 Å². The Morgan fingerprint density at radius 3 is 1.53 bits per heavy atom. The Morgan fingerprint density at radius 2 is 1.00 bits per heavy atom. The summed E-state index contributed by atoms with van der Waals surface area (Å²) < 4.78 is 5.70. The molecule has 1 unspecified atom stereocenters. The van der Waals surface area contributed by atoms with E-state index >= 15 is 0 Å². The number of hydrogen-bond donors (Lipinski definition) is 0. The van der Waals surface area contributed by atoms with Crippen molar-refractivity contribution in [2.75, 3.05) is 0 Å². The molecule has 314 valence electrons. The third-order valence-corrected chi connectivity index (χ3v) is 26.3. The summed E-state index contributed by atoms with van der Waals surface area (Å²) in [4.78, 5) is 0. The van der Waals surface area contributed by atoms with Crippen LogP contribution >= 0.6 is 0 Å². The van der Waals surface area contributed by atoms with Gasteiger partial charge in [-0.25, -0.2) is 0 Å². The fourth-order valence-corrected chi connectivity index (χ4v) is 21.7. The first kappa shape index (κ1) is 44.4. The number of benzene rings is 6. The predicted molar refractivity (Wildman–Crippen MR) is 253 cm³/mol. The Balaban J connectivity index is 0.00000264. The van der Waals surface area contributed by atoms with E-state index in [0.717, 1.165) is 12.8 Å². The molecule has 0 aliphatic heterocycles. The Bertz CT molecular complexity index is 2750. The van der Waals surface area contributed by atoms with Gasteiger partial charge in [0.25, 0.3) is 0 Å². The molecule has 3 heteroatoms. The molecule has 0 bridgehead atoms. The van der Waals surface area contributed by atoms with E-state index in [2.05, 4.69) is 221 Å². The summed E-state index contributed by atoms with van der Waals surface area (Å²) in [6.07, 6.45) is 17.2. The fourth-order valence-electron chi connectivity index (χ4n) is 11.7. The van der Waals surface area contributed by atoms with E-state index in [0.29, 0.717) is 3.63 Å². The van der Waals surface area contributed by atoms with E-state index in [-0.39, 0.29) is 44.7 Å². The number of allylic oxidation sites excluding steroid dienone is 8. The largest absolute Gasteiger partial charge is 1.00 e. The fraction of sp³-hybridized carbons (Fsp3) is 0.254. The van der Waals surface area contributed by atoms with Crippen LogP contribution in [-0.4, -0.2) is 0 Å². The van der Waals surface area contributed by atoms with Gasteiger partial charge in [-0.15, -0.1) is 0 Å². The normalized spacial score (nSPS) is 17.5. The van der Waals surface area contributed by atoms with Crippen LogP contribution in [0.5, 0.6) is 0 Å². The number of rotatable bonds is 7. The maximum Gasteiger partial charge on any atom is -1.00 e. The molecular weight excluding hydrogens is 871 g/mol. The second-order valence-electron chi connectivity index (χ2n) is 20.4. The first-order valence-electron chi connectivity index (χ1n) is 22.2. The van der Waals surface area contributed by atoms with Crippen LogP contribution in [0.3, 0.4) is 0 Å². The van der Waals surface area contributed by atoms with Gasteiger partial charge in [0.1, 0.15) is 0 Å². The summed E-state index contributed by atoms with van der Waals surface area (Å²) in [5.74, 6) is 0.0526. The van der Waals surface area contributed by atoms with Crippen LogP contribution in [0.2, 0.25) is 12.9 Å². The zero-order valence-corrected chi connectivity index (χ0v) is 41.5.